The number of fused-ring (bicyclic) bond motifs is 1. The summed E-state index contributed by atoms with van der Waals surface area (Å²) in [6.07, 6.45) is 1.14. The van der Waals surface area contributed by atoms with Crippen LogP contribution in [0.25, 0.3) is 11.0 Å². The van der Waals surface area contributed by atoms with Gasteiger partial charge in [0.2, 0.25) is 5.95 Å². The number of aromatic amines is 1. The van der Waals surface area contributed by atoms with E-state index in [-0.39, 0.29) is 0 Å². The number of aromatic nitrogens is 2. The Hall–Kier alpha value is -1.55. The fraction of sp³-hybridized carbons (Fsp3) is 0.462. The molecule has 1 unspecified atom stereocenters. The van der Waals surface area contributed by atoms with Crippen LogP contribution in [0.4, 0.5) is 5.95 Å². The maximum atomic E-state index is 4.68. The van der Waals surface area contributed by atoms with E-state index >= 15 is 0 Å². The quantitative estimate of drug-likeness (QED) is 0.826. The molecule has 0 aliphatic carbocycles. The second kappa shape index (κ2) is 4.37. The van der Waals surface area contributed by atoms with Crippen molar-refractivity contribution in [2.24, 2.45) is 0 Å². The van der Waals surface area contributed by atoms with Crippen LogP contribution in [-0.2, 0) is 0 Å². The summed E-state index contributed by atoms with van der Waals surface area (Å²) in [7, 11) is 0. The zero-order valence-electron chi connectivity index (χ0n) is 10.1. The molecule has 1 saturated heterocycles. The van der Waals surface area contributed by atoms with Gasteiger partial charge in [-0.25, -0.2) is 4.98 Å². The van der Waals surface area contributed by atoms with Crippen molar-refractivity contribution in [1.29, 1.82) is 0 Å². The lowest BCUT2D eigenvalue weighted by Crippen LogP contribution is -2.51. The summed E-state index contributed by atoms with van der Waals surface area (Å²) in [5.41, 5.74) is 2.17. The summed E-state index contributed by atoms with van der Waals surface area (Å²) in [5, 5.41) is 3.44. The molecule has 0 bridgehead atoms. The van der Waals surface area contributed by atoms with Gasteiger partial charge in [0.1, 0.15) is 0 Å². The smallest absolute Gasteiger partial charge is 0.204 e. The second-order valence-electron chi connectivity index (χ2n) is 4.54. The van der Waals surface area contributed by atoms with Gasteiger partial charge in [-0.1, -0.05) is 19.1 Å². The molecule has 1 fully saturated rings. The van der Waals surface area contributed by atoms with Crippen molar-refractivity contribution < 1.29 is 0 Å². The fourth-order valence-corrected chi connectivity index (χ4v) is 2.48. The Bertz CT molecular complexity index is 472. The molecule has 2 aromatic rings. The second-order valence-corrected chi connectivity index (χ2v) is 4.54. The predicted octanol–water partition coefficient (Wildman–Crippen LogP) is 1.75. The number of nitrogens with one attached hydrogen (secondary N) is 2. The van der Waals surface area contributed by atoms with E-state index in [4.69, 9.17) is 0 Å². The number of rotatable bonds is 2. The van der Waals surface area contributed by atoms with E-state index in [2.05, 4.69) is 39.2 Å². The highest BCUT2D eigenvalue weighted by atomic mass is 15.3. The highest BCUT2D eigenvalue weighted by Gasteiger charge is 2.22. The van der Waals surface area contributed by atoms with E-state index < -0.39 is 0 Å². The molecule has 17 heavy (non-hydrogen) atoms. The zero-order chi connectivity index (χ0) is 11.7. The summed E-state index contributed by atoms with van der Waals surface area (Å²) in [4.78, 5) is 10.5. The third kappa shape index (κ3) is 1.89. The van der Waals surface area contributed by atoms with Crippen LogP contribution >= 0.6 is 0 Å². The first-order valence-corrected chi connectivity index (χ1v) is 6.30. The first-order chi connectivity index (χ1) is 8.38. The van der Waals surface area contributed by atoms with E-state index in [1.54, 1.807) is 0 Å². The van der Waals surface area contributed by atoms with Gasteiger partial charge in [-0.05, 0) is 18.6 Å². The number of anilines is 1. The Morgan fingerprint density at radius 3 is 3.12 bits per heavy atom. The molecule has 4 heteroatoms. The van der Waals surface area contributed by atoms with Gasteiger partial charge in [0.15, 0.2) is 0 Å². The Morgan fingerprint density at radius 2 is 2.29 bits per heavy atom. The molecule has 1 aromatic carbocycles. The Kier molecular flexibility index (Phi) is 2.73. The highest BCUT2D eigenvalue weighted by molar-refractivity contribution is 5.77. The van der Waals surface area contributed by atoms with Crippen molar-refractivity contribution >= 4 is 17.0 Å². The largest absolute Gasteiger partial charge is 0.337 e. The van der Waals surface area contributed by atoms with E-state index in [0.717, 1.165) is 43.0 Å². The maximum Gasteiger partial charge on any atom is 0.204 e. The third-order valence-electron chi connectivity index (χ3n) is 3.47. The average Bonchev–Trinajstić information content (AvgIpc) is 2.82. The van der Waals surface area contributed by atoms with E-state index in [9.17, 15) is 0 Å². The van der Waals surface area contributed by atoms with E-state index in [1.165, 1.54) is 0 Å². The Morgan fingerprint density at radius 1 is 1.41 bits per heavy atom. The van der Waals surface area contributed by atoms with E-state index in [0.29, 0.717) is 6.04 Å². The van der Waals surface area contributed by atoms with Crippen LogP contribution in [0, 0.1) is 0 Å². The molecule has 1 aliphatic rings. The molecule has 0 saturated carbocycles. The standard InChI is InChI=1S/C13H18N4/c1-2-10-9-14-7-8-17(10)13-15-11-5-3-4-6-12(11)16-13/h3-6,10,14H,2,7-9H2,1H3,(H,15,16). The molecule has 1 atom stereocenters. The van der Waals surface area contributed by atoms with Crippen molar-refractivity contribution in [2.45, 2.75) is 19.4 Å². The minimum absolute atomic E-state index is 0.546. The summed E-state index contributed by atoms with van der Waals surface area (Å²) < 4.78 is 0. The van der Waals surface area contributed by atoms with Crippen LogP contribution in [0.15, 0.2) is 24.3 Å². The van der Waals surface area contributed by atoms with Crippen LogP contribution < -0.4 is 10.2 Å². The minimum Gasteiger partial charge on any atom is -0.337 e. The average molecular weight is 230 g/mol. The molecule has 0 amide bonds. The molecule has 0 radical (unpaired) electrons. The summed E-state index contributed by atoms with van der Waals surface area (Å²) in [6, 6.07) is 8.75. The zero-order valence-corrected chi connectivity index (χ0v) is 10.1. The van der Waals surface area contributed by atoms with Crippen molar-refractivity contribution in [1.82, 2.24) is 15.3 Å². The number of hydrogen-bond acceptors (Lipinski definition) is 3. The van der Waals surface area contributed by atoms with Crippen molar-refractivity contribution in [3.8, 4) is 0 Å². The van der Waals surface area contributed by atoms with E-state index in [1.807, 2.05) is 12.1 Å². The SMILES string of the molecule is CCC1CNCCN1c1nc2ccccc2[nH]1. The normalized spacial score (nSPS) is 21.0. The monoisotopic (exact) mass is 230 g/mol. The molecule has 90 valence electrons. The Balaban J connectivity index is 1.96. The van der Waals surface area contributed by atoms with Gasteiger partial charge < -0.3 is 15.2 Å². The van der Waals surface area contributed by atoms with Gasteiger partial charge in [-0.2, -0.15) is 0 Å². The predicted molar refractivity (Wildman–Crippen MR) is 70.4 cm³/mol. The number of benzene rings is 1. The van der Waals surface area contributed by atoms with Gasteiger partial charge in [0.25, 0.3) is 0 Å². The number of nitrogens with zero attached hydrogens (tertiary/aromatic N) is 2. The third-order valence-corrected chi connectivity index (χ3v) is 3.47. The molecule has 1 aliphatic heterocycles. The molecule has 2 N–H and O–H groups in total. The number of imidazole rings is 1. The Labute approximate surface area is 101 Å². The van der Waals surface area contributed by atoms with Gasteiger partial charge >= 0.3 is 0 Å². The fourth-order valence-electron chi connectivity index (χ4n) is 2.48. The summed E-state index contributed by atoms with van der Waals surface area (Å²) in [5.74, 6) is 1.01. The molecule has 4 nitrogen and oxygen atoms in total. The van der Waals surface area contributed by atoms with Crippen molar-refractivity contribution in [3.05, 3.63) is 24.3 Å². The van der Waals surface area contributed by atoms with Crippen molar-refractivity contribution in [2.75, 3.05) is 24.5 Å². The number of hydrogen-bond donors (Lipinski definition) is 2. The lowest BCUT2D eigenvalue weighted by atomic mass is 10.1. The van der Waals surface area contributed by atoms with Gasteiger partial charge in [0.05, 0.1) is 11.0 Å². The van der Waals surface area contributed by atoms with Gasteiger partial charge in [-0.3, -0.25) is 0 Å². The molecule has 3 rings (SSSR count). The molecule has 2 heterocycles. The lowest BCUT2D eigenvalue weighted by Gasteiger charge is -2.35. The summed E-state index contributed by atoms with van der Waals surface area (Å²) >= 11 is 0. The maximum absolute atomic E-state index is 4.68. The highest BCUT2D eigenvalue weighted by Crippen LogP contribution is 2.20. The number of piperazine rings is 1. The van der Waals surface area contributed by atoms with Crippen LogP contribution in [-0.4, -0.2) is 35.6 Å². The molecular weight excluding hydrogens is 212 g/mol. The van der Waals surface area contributed by atoms with Crippen LogP contribution in [0.1, 0.15) is 13.3 Å². The van der Waals surface area contributed by atoms with Crippen LogP contribution in [0.2, 0.25) is 0 Å². The van der Waals surface area contributed by atoms with Crippen molar-refractivity contribution in [3.63, 3.8) is 0 Å². The first kappa shape index (κ1) is 10.6. The van der Waals surface area contributed by atoms with Gasteiger partial charge in [0, 0.05) is 25.7 Å². The van der Waals surface area contributed by atoms with Crippen LogP contribution in [0.3, 0.4) is 0 Å². The molecular formula is C13H18N4. The molecule has 1 aromatic heterocycles. The van der Waals surface area contributed by atoms with Crippen LogP contribution in [0.5, 0.6) is 0 Å². The lowest BCUT2D eigenvalue weighted by molar-refractivity contribution is 0.461. The number of H-pyrrole nitrogens is 1. The minimum atomic E-state index is 0.546. The first-order valence-electron chi connectivity index (χ1n) is 6.30. The topological polar surface area (TPSA) is 44.0 Å². The van der Waals surface area contributed by atoms with Gasteiger partial charge in [-0.15, -0.1) is 0 Å². The molecule has 0 spiro atoms. The summed E-state index contributed by atoms with van der Waals surface area (Å²) in [6.45, 7) is 5.34. The number of para-hydroxylation sites is 2.